The van der Waals surface area contributed by atoms with Crippen molar-refractivity contribution in [3.8, 4) is 11.3 Å². The largest absolute Gasteiger partial charge is 0.478 e. The number of carboxylic acids is 1. The molecule has 0 aliphatic heterocycles. The summed E-state index contributed by atoms with van der Waals surface area (Å²) < 4.78 is 37.7. The second-order valence-electron chi connectivity index (χ2n) is 4.98. The topological polar surface area (TPSA) is 50.2 Å². The van der Waals surface area contributed by atoms with E-state index in [1.807, 2.05) is 0 Å². The van der Waals surface area contributed by atoms with E-state index < -0.39 is 17.7 Å². The molecule has 23 heavy (non-hydrogen) atoms. The molecule has 0 fully saturated rings. The maximum absolute atomic E-state index is 12.6. The van der Waals surface area contributed by atoms with E-state index in [0.717, 1.165) is 17.5 Å². The Kier molecular flexibility index (Phi) is 3.52. The smallest absolute Gasteiger partial charge is 0.416 e. The molecule has 6 heteroatoms. The van der Waals surface area contributed by atoms with Gasteiger partial charge in [-0.15, -0.1) is 0 Å². The number of carboxylic acid groups (broad SMARTS) is 1. The van der Waals surface area contributed by atoms with E-state index in [0.29, 0.717) is 16.8 Å². The van der Waals surface area contributed by atoms with Crippen LogP contribution in [-0.2, 0) is 6.18 Å². The summed E-state index contributed by atoms with van der Waals surface area (Å²) in [5.41, 5.74) is 0.862. The molecule has 0 saturated heterocycles. The highest BCUT2D eigenvalue weighted by atomic mass is 19.4. The second-order valence-corrected chi connectivity index (χ2v) is 4.98. The number of hydrogen-bond acceptors (Lipinski definition) is 2. The Labute approximate surface area is 129 Å². The number of hydrogen-bond donors (Lipinski definition) is 1. The molecule has 1 aromatic heterocycles. The van der Waals surface area contributed by atoms with Gasteiger partial charge in [-0.3, -0.25) is 0 Å². The van der Waals surface area contributed by atoms with Gasteiger partial charge >= 0.3 is 12.1 Å². The van der Waals surface area contributed by atoms with Crippen molar-refractivity contribution in [2.75, 3.05) is 0 Å². The van der Waals surface area contributed by atoms with E-state index in [9.17, 15) is 18.0 Å². The number of alkyl halides is 3. The van der Waals surface area contributed by atoms with E-state index in [1.165, 1.54) is 24.3 Å². The Morgan fingerprint density at radius 1 is 0.957 bits per heavy atom. The minimum Gasteiger partial charge on any atom is -0.478 e. The maximum Gasteiger partial charge on any atom is 0.416 e. The van der Waals surface area contributed by atoms with Gasteiger partial charge < -0.3 is 5.11 Å². The van der Waals surface area contributed by atoms with Crippen molar-refractivity contribution in [2.45, 2.75) is 6.18 Å². The van der Waals surface area contributed by atoms with Crippen LogP contribution < -0.4 is 0 Å². The maximum atomic E-state index is 12.6. The van der Waals surface area contributed by atoms with Gasteiger partial charge in [0.25, 0.3) is 0 Å². The molecule has 0 radical (unpaired) electrons. The van der Waals surface area contributed by atoms with Crippen LogP contribution in [-0.4, -0.2) is 16.1 Å². The van der Waals surface area contributed by atoms with Crippen molar-refractivity contribution in [3.63, 3.8) is 0 Å². The van der Waals surface area contributed by atoms with Gasteiger partial charge in [-0.05, 0) is 30.3 Å². The summed E-state index contributed by atoms with van der Waals surface area (Å²) in [5.74, 6) is -1.06. The summed E-state index contributed by atoms with van der Waals surface area (Å²) in [4.78, 5) is 15.3. The van der Waals surface area contributed by atoms with Gasteiger partial charge in [0.1, 0.15) is 0 Å². The van der Waals surface area contributed by atoms with Crippen LogP contribution in [0.3, 0.4) is 0 Å². The highest BCUT2D eigenvalue weighted by Crippen LogP contribution is 2.31. The average molecular weight is 317 g/mol. The fourth-order valence-electron chi connectivity index (χ4n) is 2.24. The van der Waals surface area contributed by atoms with E-state index in [4.69, 9.17) is 5.11 Å². The molecule has 0 bridgehead atoms. The lowest BCUT2D eigenvalue weighted by molar-refractivity contribution is -0.137. The average Bonchev–Trinajstić information content (AvgIpc) is 2.53. The number of halogens is 3. The molecule has 3 nitrogen and oxygen atoms in total. The molecule has 2 aromatic carbocycles. The summed E-state index contributed by atoms with van der Waals surface area (Å²) in [6.45, 7) is 0. The molecule has 1 N–H and O–H groups in total. The number of fused-ring (bicyclic) bond motifs is 1. The third-order valence-electron chi connectivity index (χ3n) is 3.45. The van der Waals surface area contributed by atoms with Crippen LogP contribution in [0.1, 0.15) is 15.9 Å². The normalized spacial score (nSPS) is 11.6. The van der Waals surface area contributed by atoms with Gasteiger partial charge in [-0.2, -0.15) is 13.2 Å². The zero-order valence-corrected chi connectivity index (χ0v) is 11.6. The van der Waals surface area contributed by atoms with E-state index in [2.05, 4.69) is 4.98 Å². The molecule has 0 saturated carbocycles. The molecule has 0 aliphatic rings. The van der Waals surface area contributed by atoms with E-state index in [-0.39, 0.29) is 5.56 Å². The SMILES string of the molecule is O=C(O)c1ccc2ccc(-c3ccc(C(F)(F)F)cc3)nc2c1. The molecular weight excluding hydrogens is 307 g/mol. The summed E-state index contributed by atoms with van der Waals surface area (Å²) in [7, 11) is 0. The lowest BCUT2D eigenvalue weighted by Crippen LogP contribution is -2.04. The summed E-state index contributed by atoms with van der Waals surface area (Å²) in [6, 6.07) is 12.7. The fourth-order valence-corrected chi connectivity index (χ4v) is 2.24. The van der Waals surface area contributed by atoms with Gasteiger partial charge in [0, 0.05) is 10.9 Å². The Morgan fingerprint density at radius 2 is 1.61 bits per heavy atom. The number of carbonyl (C=O) groups is 1. The fraction of sp³-hybridized carbons (Fsp3) is 0.0588. The molecule has 3 aromatic rings. The Balaban J connectivity index is 2.04. The van der Waals surface area contributed by atoms with Crippen molar-refractivity contribution in [1.29, 1.82) is 0 Å². The Hall–Kier alpha value is -2.89. The quantitative estimate of drug-likeness (QED) is 0.750. The minimum absolute atomic E-state index is 0.106. The van der Waals surface area contributed by atoms with Gasteiger partial charge in [0.05, 0.1) is 22.3 Å². The van der Waals surface area contributed by atoms with Gasteiger partial charge in [0.2, 0.25) is 0 Å². The van der Waals surface area contributed by atoms with Crippen LogP contribution in [0.15, 0.2) is 54.6 Å². The van der Waals surface area contributed by atoms with Crippen LogP contribution in [0.4, 0.5) is 13.2 Å². The highest BCUT2D eigenvalue weighted by molar-refractivity contribution is 5.93. The molecule has 0 unspecified atom stereocenters. The van der Waals surface area contributed by atoms with Crippen molar-refractivity contribution < 1.29 is 23.1 Å². The predicted molar refractivity (Wildman–Crippen MR) is 79.1 cm³/mol. The predicted octanol–water partition coefficient (Wildman–Crippen LogP) is 4.62. The lowest BCUT2D eigenvalue weighted by Gasteiger charge is -2.08. The second kappa shape index (κ2) is 5.39. The van der Waals surface area contributed by atoms with Crippen molar-refractivity contribution >= 4 is 16.9 Å². The number of rotatable bonds is 2. The van der Waals surface area contributed by atoms with Crippen molar-refractivity contribution in [2.24, 2.45) is 0 Å². The summed E-state index contributed by atoms with van der Waals surface area (Å²) in [6.07, 6.45) is -4.38. The third-order valence-corrected chi connectivity index (χ3v) is 3.45. The number of nitrogens with zero attached hydrogens (tertiary/aromatic N) is 1. The van der Waals surface area contributed by atoms with E-state index in [1.54, 1.807) is 18.2 Å². The van der Waals surface area contributed by atoms with Crippen LogP contribution in [0, 0.1) is 0 Å². The van der Waals surface area contributed by atoms with Crippen LogP contribution in [0.2, 0.25) is 0 Å². The first kappa shape index (κ1) is 15.0. The first-order valence-corrected chi connectivity index (χ1v) is 6.66. The molecule has 0 atom stereocenters. The number of benzene rings is 2. The van der Waals surface area contributed by atoms with Gasteiger partial charge in [-0.1, -0.05) is 24.3 Å². The van der Waals surface area contributed by atoms with Crippen molar-refractivity contribution in [1.82, 2.24) is 4.98 Å². The first-order valence-electron chi connectivity index (χ1n) is 6.66. The minimum atomic E-state index is -4.38. The highest BCUT2D eigenvalue weighted by Gasteiger charge is 2.30. The Morgan fingerprint density at radius 3 is 2.22 bits per heavy atom. The molecule has 0 aliphatic carbocycles. The molecular formula is C17H10F3NO2. The zero-order chi connectivity index (χ0) is 16.6. The summed E-state index contributed by atoms with van der Waals surface area (Å²) in [5, 5.41) is 9.76. The summed E-state index contributed by atoms with van der Waals surface area (Å²) >= 11 is 0. The number of aromatic carboxylic acids is 1. The van der Waals surface area contributed by atoms with Gasteiger partial charge in [0.15, 0.2) is 0 Å². The molecule has 1 heterocycles. The lowest BCUT2D eigenvalue weighted by atomic mass is 10.1. The molecule has 3 rings (SSSR count). The zero-order valence-electron chi connectivity index (χ0n) is 11.6. The van der Waals surface area contributed by atoms with E-state index >= 15 is 0 Å². The monoisotopic (exact) mass is 317 g/mol. The standard InChI is InChI=1S/C17H10F3NO2/c18-17(19,20)13-6-3-10(4-7-13)14-8-5-11-1-2-12(16(22)23)9-15(11)21-14/h1-9H,(H,22,23). The van der Waals surface area contributed by atoms with Crippen LogP contribution in [0.25, 0.3) is 22.2 Å². The molecule has 0 amide bonds. The van der Waals surface area contributed by atoms with Crippen LogP contribution in [0.5, 0.6) is 0 Å². The first-order chi connectivity index (χ1) is 10.8. The van der Waals surface area contributed by atoms with Crippen molar-refractivity contribution in [3.05, 3.63) is 65.7 Å². The Bertz CT molecular complexity index is 886. The number of aromatic nitrogens is 1. The molecule has 0 spiro atoms. The van der Waals surface area contributed by atoms with Gasteiger partial charge in [-0.25, -0.2) is 9.78 Å². The number of pyridine rings is 1. The van der Waals surface area contributed by atoms with Crippen LogP contribution >= 0.6 is 0 Å². The molecule has 116 valence electrons. The third kappa shape index (κ3) is 3.01.